The number of rotatable bonds is 9. The lowest BCUT2D eigenvalue weighted by molar-refractivity contribution is -0.149. The second-order valence-electron chi connectivity index (χ2n) is 6.28. The van der Waals surface area contributed by atoms with E-state index in [0.29, 0.717) is 26.2 Å². The topological polar surface area (TPSA) is 68.2 Å². The Hall–Kier alpha value is -2.73. The van der Waals surface area contributed by atoms with Crippen molar-refractivity contribution < 1.29 is 24.1 Å². The molecule has 1 atom stereocenters. The van der Waals surface area contributed by atoms with Gasteiger partial charge in [0.2, 0.25) is 0 Å². The minimum atomic E-state index is -0.942. The van der Waals surface area contributed by atoms with Crippen LogP contribution in [0.25, 0.3) is 0 Å². The Kier molecular flexibility index (Phi) is 6.54. The maximum Gasteiger partial charge on any atom is 0.333 e. The number of anilines is 1. The monoisotopic (exact) mass is 371 g/mol. The van der Waals surface area contributed by atoms with E-state index in [1.165, 1.54) is 0 Å². The molecule has 0 aromatic heterocycles. The van der Waals surface area contributed by atoms with Crippen LogP contribution in [0.5, 0.6) is 11.5 Å². The number of hydrogen-bond donors (Lipinski definition) is 1. The number of benzene rings is 2. The summed E-state index contributed by atoms with van der Waals surface area (Å²) in [4.78, 5) is 13.4. The second-order valence-corrected chi connectivity index (χ2v) is 6.28. The van der Waals surface area contributed by atoms with Crippen LogP contribution in [-0.4, -0.2) is 50.1 Å². The number of carbonyl (C=O) groups is 1. The molecule has 0 bridgehead atoms. The zero-order valence-electron chi connectivity index (χ0n) is 15.5. The molecule has 0 saturated carbocycles. The summed E-state index contributed by atoms with van der Waals surface area (Å²) in [7, 11) is 0. The van der Waals surface area contributed by atoms with Crippen LogP contribution in [0.1, 0.15) is 12.5 Å². The molecule has 0 saturated heterocycles. The van der Waals surface area contributed by atoms with Gasteiger partial charge < -0.3 is 24.2 Å². The molecule has 2 aromatic carbocycles. The van der Waals surface area contributed by atoms with Gasteiger partial charge in [0, 0.05) is 13.0 Å². The minimum Gasteiger partial charge on any atom is -0.492 e. The maximum absolute atomic E-state index is 11.2. The van der Waals surface area contributed by atoms with Crippen LogP contribution in [0.4, 0.5) is 5.69 Å². The number of para-hydroxylation sites is 2. The molecule has 0 spiro atoms. The number of fused-ring (bicyclic) bond motifs is 1. The molecule has 3 rings (SSSR count). The van der Waals surface area contributed by atoms with Crippen molar-refractivity contribution >= 4 is 11.7 Å². The fourth-order valence-electron chi connectivity index (χ4n) is 3.09. The number of carboxylic acids is 1. The number of nitrogens with zero attached hydrogens (tertiary/aromatic N) is 1. The first-order chi connectivity index (χ1) is 13.2. The minimum absolute atomic E-state index is 0.341. The van der Waals surface area contributed by atoms with Gasteiger partial charge in [-0.05, 0) is 36.8 Å². The zero-order valence-corrected chi connectivity index (χ0v) is 15.5. The summed E-state index contributed by atoms with van der Waals surface area (Å²) in [6.45, 7) is 5.02. The molecule has 0 amide bonds. The number of carboxylic acid groups (broad SMARTS) is 1. The van der Waals surface area contributed by atoms with Gasteiger partial charge >= 0.3 is 5.97 Å². The molecule has 0 unspecified atom stereocenters. The molecule has 1 aliphatic rings. The summed E-state index contributed by atoms with van der Waals surface area (Å²) in [5, 5.41) is 9.17. The fourth-order valence-corrected chi connectivity index (χ4v) is 3.09. The molecule has 1 aliphatic heterocycles. The number of hydrogen-bond acceptors (Lipinski definition) is 5. The molecule has 6 nitrogen and oxygen atoms in total. The van der Waals surface area contributed by atoms with Crippen molar-refractivity contribution in [1.29, 1.82) is 0 Å². The summed E-state index contributed by atoms with van der Waals surface area (Å²) in [5.74, 6) is 0.738. The fraction of sp³-hybridized carbons (Fsp3) is 0.381. The van der Waals surface area contributed by atoms with E-state index in [0.717, 1.165) is 35.8 Å². The molecular formula is C21H25NO5. The Labute approximate surface area is 159 Å². The highest BCUT2D eigenvalue weighted by molar-refractivity contribution is 5.72. The quantitative estimate of drug-likeness (QED) is 0.731. The zero-order chi connectivity index (χ0) is 19.1. The van der Waals surface area contributed by atoms with E-state index in [1.807, 2.05) is 42.5 Å². The molecule has 1 N–H and O–H groups in total. The van der Waals surface area contributed by atoms with Gasteiger partial charge in [-0.3, -0.25) is 0 Å². The van der Waals surface area contributed by atoms with Crippen LogP contribution in [-0.2, 0) is 16.0 Å². The van der Waals surface area contributed by atoms with Crippen LogP contribution in [0.15, 0.2) is 48.5 Å². The van der Waals surface area contributed by atoms with Crippen molar-refractivity contribution in [2.45, 2.75) is 19.4 Å². The molecule has 0 aliphatic carbocycles. The first-order valence-corrected chi connectivity index (χ1v) is 9.20. The largest absolute Gasteiger partial charge is 0.492 e. The van der Waals surface area contributed by atoms with Crippen LogP contribution >= 0.6 is 0 Å². The highest BCUT2D eigenvalue weighted by atomic mass is 16.5. The van der Waals surface area contributed by atoms with Gasteiger partial charge in [-0.2, -0.15) is 0 Å². The summed E-state index contributed by atoms with van der Waals surface area (Å²) >= 11 is 0. The van der Waals surface area contributed by atoms with Crippen molar-refractivity contribution in [3.8, 4) is 11.5 Å². The highest BCUT2D eigenvalue weighted by Crippen LogP contribution is 2.30. The third-order valence-corrected chi connectivity index (χ3v) is 4.44. The van der Waals surface area contributed by atoms with Crippen LogP contribution < -0.4 is 14.4 Å². The summed E-state index contributed by atoms with van der Waals surface area (Å²) in [6, 6.07) is 15.5. The second kappa shape index (κ2) is 9.28. The first-order valence-electron chi connectivity index (χ1n) is 9.20. The van der Waals surface area contributed by atoms with Crippen LogP contribution in [0.3, 0.4) is 0 Å². The standard InChI is InChI=1S/C21H25NO5/c1-2-25-20(21(23)24)15-16-7-9-17(10-8-16)26-13-11-22-12-14-27-19-6-4-3-5-18(19)22/h3-10,20H,2,11-15H2,1H3,(H,23,24)/t20-/m0/s1. The Morgan fingerprint density at radius 3 is 2.74 bits per heavy atom. The van der Waals surface area contributed by atoms with Gasteiger partial charge in [0.15, 0.2) is 6.10 Å². The summed E-state index contributed by atoms with van der Waals surface area (Å²) < 4.78 is 16.8. The summed E-state index contributed by atoms with van der Waals surface area (Å²) in [6.07, 6.45) is -0.475. The molecule has 144 valence electrons. The number of ether oxygens (including phenoxy) is 3. The predicted octanol–water partition coefficient (Wildman–Crippen LogP) is 3.00. The first kappa shape index (κ1) is 19.0. The van der Waals surface area contributed by atoms with Crippen molar-refractivity contribution in [2.24, 2.45) is 0 Å². The van der Waals surface area contributed by atoms with Gasteiger partial charge in [0.25, 0.3) is 0 Å². The van der Waals surface area contributed by atoms with E-state index in [4.69, 9.17) is 19.3 Å². The molecular weight excluding hydrogens is 346 g/mol. The van der Waals surface area contributed by atoms with Crippen molar-refractivity contribution in [3.05, 3.63) is 54.1 Å². The van der Waals surface area contributed by atoms with Crippen molar-refractivity contribution in [2.75, 3.05) is 37.8 Å². The lowest BCUT2D eigenvalue weighted by Crippen LogP contribution is -2.35. The molecule has 1 heterocycles. The molecule has 6 heteroatoms. The average Bonchev–Trinajstić information content (AvgIpc) is 2.69. The molecule has 27 heavy (non-hydrogen) atoms. The van der Waals surface area contributed by atoms with Crippen LogP contribution in [0.2, 0.25) is 0 Å². The lowest BCUT2D eigenvalue weighted by atomic mass is 10.1. The molecule has 0 radical (unpaired) electrons. The molecule has 0 fully saturated rings. The Morgan fingerprint density at radius 1 is 1.22 bits per heavy atom. The normalized spacial score (nSPS) is 14.2. The lowest BCUT2D eigenvalue weighted by Gasteiger charge is -2.31. The van der Waals surface area contributed by atoms with E-state index in [-0.39, 0.29) is 0 Å². The highest BCUT2D eigenvalue weighted by Gasteiger charge is 2.18. The van der Waals surface area contributed by atoms with Gasteiger partial charge in [0.1, 0.15) is 24.7 Å². The van der Waals surface area contributed by atoms with Crippen molar-refractivity contribution in [3.63, 3.8) is 0 Å². The van der Waals surface area contributed by atoms with Gasteiger partial charge in [-0.1, -0.05) is 24.3 Å². The van der Waals surface area contributed by atoms with E-state index in [2.05, 4.69) is 11.0 Å². The molecule has 2 aromatic rings. The van der Waals surface area contributed by atoms with E-state index < -0.39 is 12.1 Å². The predicted molar refractivity (Wildman–Crippen MR) is 103 cm³/mol. The van der Waals surface area contributed by atoms with E-state index >= 15 is 0 Å². The average molecular weight is 371 g/mol. The van der Waals surface area contributed by atoms with Gasteiger partial charge in [-0.25, -0.2) is 4.79 Å². The third kappa shape index (κ3) is 5.14. The van der Waals surface area contributed by atoms with E-state index in [9.17, 15) is 4.79 Å². The smallest absolute Gasteiger partial charge is 0.333 e. The van der Waals surface area contributed by atoms with E-state index in [1.54, 1.807) is 6.92 Å². The van der Waals surface area contributed by atoms with Crippen molar-refractivity contribution in [1.82, 2.24) is 0 Å². The number of aliphatic carboxylic acids is 1. The Morgan fingerprint density at radius 2 is 2.00 bits per heavy atom. The third-order valence-electron chi connectivity index (χ3n) is 4.44. The SMILES string of the molecule is CCO[C@@H](Cc1ccc(OCCN2CCOc3ccccc32)cc1)C(=O)O. The van der Waals surface area contributed by atoms with Gasteiger partial charge in [0.05, 0.1) is 18.8 Å². The Bertz CT molecular complexity index is 746. The van der Waals surface area contributed by atoms with Crippen LogP contribution in [0, 0.1) is 0 Å². The Balaban J connectivity index is 1.50. The summed E-state index contributed by atoms with van der Waals surface area (Å²) in [5.41, 5.74) is 2.00. The van der Waals surface area contributed by atoms with Gasteiger partial charge in [-0.15, -0.1) is 0 Å². The maximum atomic E-state index is 11.2.